The number of nitrogens with two attached hydrogens (primary N) is 1. The molecule has 1 unspecified atom stereocenters. The summed E-state index contributed by atoms with van der Waals surface area (Å²) in [5.41, 5.74) is 5.16. The molecule has 1 aromatic carbocycles. The molecule has 0 radical (unpaired) electrons. The number of thioether (sulfide) groups is 1. The maximum atomic E-state index is 5.92. The monoisotopic (exact) mass is 275 g/mol. The van der Waals surface area contributed by atoms with Crippen LogP contribution in [-0.2, 0) is 0 Å². The Morgan fingerprint density at radius 1 is 1.44 bits per heavy atom. The van der Waals surface area contributed by atoms with Crippen LogP contribution in [0.25, 0.3) is 0 Å². The summed E-state index contributed by atoms with van der Waals surface area (Å²) in [7, 11) is 0. The highest BCUT2D eigenvalue weighted by Crippen LogP contribution is 2.31. The normalized spacial score (nSPS) is 21.7. The molecule has 84 valence electrons. The van der Waals surface area contributed by atoms with Crippen molar-refractivity contribution in [3.8, 4) is 5.75 Å². The second kappa shape index (κ2) is 5.05. The van der Waals surface area contributed by atoms with Gasteiger partial charge in [0, 0.05) is 5.02 Å². The molecule has 1 aliphatic heterocycles. The van der Waals surface area contributed by atoms with Gasteiger partial charge in [0.15, 0.2) is 10.5 Å². The topological polar surface area (TPSA) is 60.0 Å². The molecule has 0 amide bonds. The molecule has 0 aromatic heterocycles. The summed E-state index contributed by atoms with van der Waals surface area (Å²) in [4.78, 5) is 0. The Morgan fingerprint density at radius 3 is 2.88 bits per heavy atom. The van der Waals surface area contributed by atoms with Crippen LogP contribution in [0.15, 0.2) is 39.7 Å². The molecular weight excluding hydrogens is 269 g/mol. The molecule has 2 rings (SSSR count). The molecule has 1 heterocycles. The zero-order chi connectivity index (χ0) is 11.5. The lowest BCUT2D eigenvalue weighted by Gasteiger charge is -2.03. The van der Waals surface area contributed by atoms with Crippen LogP contribution in [0.3, 0.4) is 0 Å². The van der Waals surface area contributed by atoms with Crippen molar-refractivity contribution in [2.45, 2.75) is 5.50 Å². The third-order valence-electron chi connectivity index (χ3n) is 1.69. The third kappa shape index (κ3) is 2.89. The number of halogens is 2. The Kier molecular flexibility index (Phi) is 3.70. The summed E-state index contributed by atoms with van der Waals surface area (Å²) in [6.07, 6.45) is 1.45. The molecule has 1 atom stereocenters. The Morgan fingerprint density at radius 2 is 2.25 bits per heavy atom. The van der Waals surface area contributed by atoms with Crippen molar-refractivity contribution < 1.29 is 4.74 Å². The van der Waals surface area contributed by atoms with Gasteiger partial charge in [0.1, 0.15) is 12.0 Å². The lowest BCUT2D eigenvalue weighted by molar-refractivity contribution is 0.478. The van der Waals surface area contributed by atoms with Crippen LogP contribution in [0.1, 0.15) is 0 Å². The number of rotatable bonds is 2. The SMILES string of the molecule is NC1N=NC(=COc2ccc(Cl)cc2Cl)S1. The lowest BCUT2D eigenvalue weighted by atomic mass is 10.3. The minimum absolute atomic E-state index is 0.351. The van der Waals surface area contributed by atoms with E-state index in [-0.39, 0.29) is 5.50 Å². The zero-order valence-corrected chi connectivity index (χ0v) is 10.3. The molecule has 2 N–H and O–H groups in total. The second-order valence-corrected chi connectivity index (χ2v) is 4.85. The van der Waals surface area contributed by atoms with Crippen LogP contribution in [0.5, 0.6) is 5.75 Å². The van der Waals surface area contributed by atoms with Crippen LogP contribution in [-0.4, -0.2) is 5.50 Å². The van der Waals surface area contributed by atoms with Crippen molar-refractivity contribution in [2.75, 3.05) is 0 Å². The maximum absolute atomic E-state index is 5.92. The van der Waals surface area contributed by atoms with Crippen molar-refractivity contribution in [1.82, 2.24) is 0 Å². The summed E-state index contributed by atoms with van der Waals surface area (Å²) >= 11 is 13.0. The molecule has 0 fully saturated rings. The van der Waals surface area contributed by atoms with Crippen LogP contribution in [0, 0.1) is 0 Å². The first kappa shape index (κ1) is 11.7. The molecule has 4 nitrogen and oxygen atoms in total. The number of benzene rings is 1. The lowest BCUT2D eigenvalue weighted by Crippen LogP contribution is -2.07. The van der Waals surface area contributed by atoms with E-state index in [1.54, 1.807) is 18.2 Å². The molecule has 0 saturated heterocycles. The zero-order valence-electron chi connectivity index (χ0n) is 7.93. The van der Waals surface area contributed by atoms with Gasteiger partial charge in [-0.2, -0.15) is 5.11 Å². The third-order valence-corrected chi connectivity index (χ3v) is 2.98. The molecule has 0 aliphatic carbocycles. The number of azo groups is 1. The van der Waals surface area contributed by atoms with Gasteiger partial charge in [-0.1, -0.05) is 35.0 Å². The van der Waals surface area contributed by atoms with E-state index in [1.165, 1.54) is 18.0 Å². The molecule has 0 saturated carbocycles. The van der Waals surface area contributed by atoms with Crippen molar-refractivity contribution in [3.05, 3.63) is 39.5 Å². The summed E-state index contributed by atoms with van der Waals surface area (Å²) in [5.74, 6) is 0.509. The Hall–Kier alpha value is -0.750. The van der Waals surface area contributed by atoms with E-state index in [2.05, 4.69) is 10.2 Å². The summed E-state index contributed by atoms with van der Waals surface area (Å²) in [6, 6.07) is 4.97. The first-order valence-electron chi connectivity index (χ1n) is 4.30. The van der Waals surface area contributed by atoms with Crippen LogP contribution in [0.4, 0.5) is 0 Å². The Bertz CT molecular complexity index is 464. The highest BCUT2D eigenvalue weighted by atomic mass is 35.5. The Labute approximate surface area is 106 Å². The van der Waals surface area contributed by atoms with Gasteiger partial charge in [0.05, 0.1) is 5.02 Å². The molecule has 1 aliphatic rings. The molecule has 0 spiro atoms. The standard InChI is InChI=1S/C9H7Cl2N3OS/c10-5-1-2-7(6(11)3-5)15-4-8-13-14-9(12)16-8/h1-4,9H,12H2. The van der Waals surface area contributed by atoms with Gasteiger partial charge in [-0.15, -0.1) is 5.11 Å². The minimum atomic E-state index is -0.351. The molecule has 0 bridgehead atoms. The average molecular weight is 276 g/mol. The fraction of sp³-hybridized carbons (Fsp3) is 0.111. The summed E-state index contributed by atoms with van der Waals surface area (Å²) in [6.45, 7) is 0. The van der Waals surface area contributed by atoms with E-state index in [0.717, 1.165) is 0 Å². The highest BCUT2D eigenvalue weighted by molar-refractivity contribution is 8.03. The quantitative estimate of drug-likeness (QED) is 0.839. The number of hydrogen-bond acceptors (Lipinski definition) is 5. The van der Waals surface area contributed by atoms with Gasteiger partial charge in [-0.05, 0) is 18.2 Å². The van der Waals surface area contributed by atoms with Crippen molar-refractivity contribution in [3.63, 3.8) is 0 Å². The van der Waals surface area contributed by atoms with E-state index in [1.807, 2.05) is 0 Å². The van der Waals surface area contributed by atoms with E-state index in [9.17, 15) is 0 Å². The predicted molar refractivity (Wildman–Crippen MR) is 65.6 cm³/mol. The van der Waals surface area contributed by atoms with Crippen LogP contribution in [0.2, 0.25) is 10.0 Å². The molecular formula is C9H7Cl2N3OS. The first-order chi connectivity index (χ1) is 7.65. The van der Waals surface area contributed by atoms with Crippen molar-refractivity contribution in [2.24, 2.45) is 16.0 Å². The van der Waals surface area contributed by atoms with Gasteiger partial charge in [0.2, 0.25) is 0 Å². The number of nitrogens with zero attached hydrogens (tertiary/aromatic N) is 2. The number of ether oxygens (including phenoxy) is 1. The maximum Gasteiger partial charge on any atom is 0.171 e. The largest absolute Gasteiger partial charge is 0.461 e. The van der Waals surface area contributed by atoms with Crippen molar-refractivity contribution in [1.29, 1.82) is 0 Å². The smallest absolute Gasteiger partial charge is 0.171 e. The van der Waals surface area contributed by atoms with E-state index < -0.39 is 0 Å². The molecule has 16 heavy (non-hydrogen) atoms. The summed E-state index contributed by atoms with van der Waals surface area (Å²) < 4.78 is 5.34. The van der Waals surface area contributed by atoms with E-state index >= 15 is 0 Å². The second-order valence-electron chi connectivity index (χ2n) is 2.87. The fourth-order valence-corrected chi connectivity index (χ4v) is 2.01. The number of hydrogen-bond donors (Lipinski definition) is 1. The van der Waals surface area contributed by atoms with E-state index in [0.29, 0.717) is 20.8 Å². The average Bonchev–Trinajstić information content (AvgIpc) is 2.63. The van der Waals surface area contributed by atoms with E-state index in [4.69, 9.17) is 33.7 Å². The summed E-state index contributed by atoms with van der Waals surface area (Å²) in [5, 5.41) is 9.14. The van der Waals surface area contributed by atoms with Gasteiger partial charge in [-0.3, -0.25) is 5.73 Å². The Balaban J connectivity index is 2.08. The van der Waals surface area contributed by atoms with Gasteiger partial charge < -0.3 is 4.74 Å². The molecule has 7 heteroatoms. The van der Waals surface area contributed by atoms with Crippen LogP contribution < -0.4 is 10.5 Å². The molecule has 1 aromatic rings. The fourth-order valence-electron chi connectivity index (χ4n) is 1.02. The van der Waals surface area contributed by atoms with Gasteiger partial charge in [0.25, 0.3) is 0 Å². The first-order valence-corrected chi connectivity index (χ1v) is 5.94. The highest BCUT2D eigenvalue weighted by Gasteiger charge is 2.13. The van der Waals surface area contributed by atoms with Crippen molar-refractivity contribution >= 4 is 35.0 Å². The van der Waals surface area contributed by atoms with Crippen LogP contribution >= 0.6 is 35.0 Å². The predicted octanol–water partition coefficient (Wildman–Crippen LogP) is 3.61. The van der Waals surface area contributed by atoms with Gasteiger partial charge in [-0.25, -0.2) is 0 Å². The minimum Gasteiger partial charge on any atom is -0.461 e. The van der Waals surface area contributed by atoms with Gasteiger partial charge >= 0.3 is 0 Å².